The molecule has 0 aromatic heterocycles. The van der Waals surface area contributed by atoms with E-state index in [1.165, 1.54) is 0 Å². The first kappa shape index (κ1) is 11.5. The van der Waals surface area contributed by atoms with Crippen molar-refractivity contribution < 1.29 is 9.59 Å². The van der Waals surface area contributed by atoms with E-state index >= 15 is 0 Å². The summed E-state index contributed by atoms with van der Waals surface area (Å²) in [6.45, 7) is 0. The minimum Gasteiger partial charge on any atom is -0.366 e. The highest BCUT2D eigenvalue weighted by atomic mass is 16.2. The minimum absolute atomic E-state index is 0.00432. The Hall–Kier alpha value is -2.62. The zero-order valence-electron chi connectivity index (χ0n) is 10.1. The van der Waals surface area contributed by atoms with Crippen LogP contribution in [0.5, 0.6) is 0 Å². The number of rotatable bonds is 2. The van der Waals surface area contributed by atoms with Gasteiger partial charge in [-0.15, -0.1) is 0 Å². The molecule has 0 atom stereocenters. The molecule has 4 nitrogen and oxygen atoms in total. The minimum atomic E-state index is -0.453. The molecule has 0 fully saturated rings. The molecule has 0 aliphatic carbocycles. The third-order valence-electron chi connectivity index (χ3n) is 3.23. The summed E-state index contributed by atoms with van der Waals surface area (Å²) >= 11 is 0. The van der Waals surface area contributed by atoms with Gasteiger partial charge in [-0.2, -0.15) is 0 Å². The number of carbonyl (C=O) groups is 2. The molecule has 2 aromatic carbocycles. The van der Waals surface area contributed by atoms with Gasteiger partial charge in [0.2, 0.25) is 11.8 Å². The van der Waals surface area contributed by atoms with E-state index in [9.17, 15) is 9.59 Å². The molecule has 0 bridgehead atoms. The lowest BCUT2D eigenvalue weighted by atomic mass is 9.97. The monoisotopic (exact) mass is 252 g/mol. The number of nitrogens with one attached hydrogen (secondary N) is 1. The van der Waals surface area contributed by atoms with E-state index in [-0.39, 0.29) is 5.91 Å². The molecule has 0 unspecified atom stereocenters. The maximum atomic E-state index is 11.4. The number of primary amides is 1. The smallest absolute Gasteiger partial charge is 0.249 e. The Kier molecular flexibility index (Phi) is 2.56. The maximum absolute atomic E-state index is 11.4. The summed E-state index contributed by atoms with van der Waals surface area (Å²) in [5, 5.41) is 2.78. The fourth-order valence-electron chi connectivity index (χ4n) is 2.35. The number of hydrogen-bond acceptors (Lipinski definition) is 2. The summed E-state index contributed by atoms with van der Waals surface area (Å²) in [6, 6.07) is 12.9. The van der Waals surface area contributed by atoms with Crippen LogP contribution in [0.2, 0.25) is 0 Å². The van der Waals surface area contributed by atoms with Crippen molar-refractivity contribution in [3.8, 4) is 11.1 Å². The lowest BCUT2D eigenvalue weighted by Crippen LogP contribution is -2.12. The van der Waals surface area contributed by atoms with E-state index in [1.807, 2.05) is 30.3 Å². The Morgan fingerprint density at radius 3 is 2.74 bits per heavy atom. The second kappa shape index (κ2) is 4.24. The zero-order valence-corrected chi connectivity index (χ0v) is 10.1. The molecule has 1 aliphatic rings. The van der Waals surface area contributed by atoms with E-state index in [0.29, 0.717) is 12.0 Å². The molecule has 3 N–H and O–H groups in total. The van der Waals surface area contributed by atoms with Crippen LogP contribution in [0.15, 0.2) is 42.5 Å². The summed E-state index contributed by atoms with van der Waals surface area (Å²) in [5.41, 5.74) is 9.33. The average Bonchev–Trinajstić information content (AvgIpc) is 2.77. The first-order valence-corrected chi connectivity index (χ1v) is 5.97. The molecule has 0 spiro atoms. The summed E-state index contributed by atoms with van der Waals surface area (Å²) < 4.78 is 0. The quantitative estimate of drug-likeness (QED) is 0.857. The van der Waals surface area contributed by atoms with E-state index in [4.69, 9.17) is 5.73 Å². The van der Waals surface area contributed by atoms with Gasteiger partial charge >= 0.3 is 0 Å². The highest BCUT2D eigenvalue weighted by molar-refractivity contribution is 6.02. The number of hydrogen-bond donors (Lipinski definition) is 2. The molecule has 3 rings (SSSR count). The number of anilines is 1. The molecule has 94 valence electrons. The molecule has 0 radical (unpaired) electrons. The van der Waals surface area contributed by atoms with Gasteiger partial charge in [-0.25, -0.2) is 0 Å². The fourth-order valence-corrected chi connectivity index (χ4v) is 2.35. The lowest BCUT2D eigenvalue weighted by molar-refractivity contribution is -0.115. The van der Waals surface area contributed by atoms with Crippen molar-refractivity contribution in [2.75, 3.05) is 5.32 Å². The fraction of sp³-hybridized carbons (Fsp3) is 0.0667. The van der Waals surface area contributed by atoms with Crippen molar-refractivity contribution in [1.82, 2.24) is 0 Å². The van der Waals surface area contributed by atoms with Gasteiger partial charge in [0.1, 0.15) is 0 Å². The van der Waals surface area contributed by atoms with Crippen molar-refractivity contribution in [2.45, 2.75) is 6.42 Å². The Bertz CT molecular complexity index is 692. The van der Waals surface area contributed by atoms with Crippen molar-refractivity contribution >= 4 is 17.5 Å². The van der Waals surface area contributed by atoms with Crippen molar-refractivity contribution in [3.63, 3.8) is 0 Å². The molecule has 0 saturated heterocycles. The lowest BCUT2D eigenvalue weighted by Gasteiger charge is -2.08. The molecule has 4 heteroatoms. The standard InChI is InChI=1S/C15H12N2O2/c16-15(19)12-4-2-1-3-11(12)9-5-6-13-10(7-9)8-14(18)17-13/h1-7H,8H2,(H2,16,19)(H,17,18). The SMILES string of the molecule is NC(=O)c1ccccc1-c1ccc2c(c1)CC(=O)N2. The largest absolute Gasteiger partial charge is 0.366 e. The van der Waals surface area contributed by atoms with Crippen LogP contribution in [0.4, 0.5) is 5.69 Å². The van der Waals surface area contributed by atoms with Gasteiger partial charge < -0.3 is 11.1 Å². The summed E-state index contributed by atoms with van der Waals surface area (Å²) in [7, 11) is 0. The Morgan fingerprint density at radius 1 is 1.16 bits per heavy atom. The normalized spacial score (nSPS) is 12.9. The van der Waals surface area contributed by atoms with Crippen LogP contribution in [0.25, 0.3) is 11.1 Å². The van der Waals surface area contributed by atoms with Crippen LogP contribution >= 0.6 is 0 Å². The van der Waals surface area contributed by atoms with Crippen molar-refractivity contribution in [2.24, 2.45) is 5.73 Å². The van der Waals surface area contributed by atoms with Crippen LogP contribution in [0.3, 0.4) is 0 Å². The van der Waals surface area contributed by atoms with Crippen molar-refractivity contribution in [3.05, 3.63) is 53.6 Å². The van der Waals surface area contributed by atoms with Gasteiger partial charge in [-0.1, -0.05) is 24.3 Å². The summed E-state index contributed by atoms with van der Waals surface area (Å²) in [4.78, 5) is 22.8. The third kappa shape index (κ3) is 1.97. The highest BCUT2D eigenvalue weighted by Gasteiger charge is 2.18. The number of amides is 2. The highest BCUT2D eigenvalue weighted by Crippen LogP contribution is 2.30. The molecule has 0 saturated carbocycles. The van der Waals surface area contributed by atoms with Gasteiger partial charge in [0.15, 0.2) is 0 Å². The predicted molar refractivity (Wildman–Crippen MR) is 72.7 cm³/mol. The van der Waals surface area contributed by atoms with E-state index in [0.717, 1.165) is 22.4 Å². The number of benzene rings is 2. The Balaban J connectivity index is 2.11. The Labute approximate surface area is 110 Å². The van der Waals surface area contributed by atoms with Crippen LogP contribution in [-0.4, -0.2) is 11.8 Å². The second-order valence-corrected chi connectivity index (χ2v) is 4.51. The number of carbonyl (C=O) groups excluding carboxylic acids is 2. The number of fused-ring (bicyclic) bond motifs is 1. The van der Waals surface area contributed by atoms with Gasteiger partial charge in [0.05, 0.1) is 6.42 Å². The molecule has 2 amide bonds. The molecule has 19 heavy (non-hydrogen) atoms. The van der Waals surface area contributed by atoms with Crippen LogP contribution in [0, 0.1) is 0 Å². The molecule has 1 aliphatic heterocycles. The zero-order chi connectivity index (χ0) is 13.4. The summed E-state index contributed by atoms with van der Waals surface area (Å²) in [6.07, 6.45) is 0.377. The maximum Gasteiger partial charge on any atom is 0.249 e. The molecule has 2 aromatic rings. The molecule has 1 heterocycles. The van der Waals surface area contributed by atoms with Gasteiger partial charge in [0, 0.05) is 11.3 Å². The summed E-state index contributed by atoms with van der Waals surface area (Å²) in [5.74, 6) is -0.458. The molecular weight excluding hydrogens is 240 g/mol. The van der Waals surface area contributed by atoms with Gasteiger partial charge in [0.25, 0.3) is 0 Å². The van der Waals surface area contributed by atoms with Gasteiger partial charge in [-0.05, 0) is 34.9 Å². The van der Waals surface area contributed by atoms with Crippen LogP contribution < -0.4 is 11.1 Å². The Morgan fingerprint density at radius 2 is 1.95 bits per heavy atom. The van der Waals surface area contributed by atoms with E-state index in [2.05, 4.69) is 5.32 Å². The predicted octanol–water partition coefficient (Wildman–Crippen LogP) is 1.95. The first-order valence-electron chi connectivity index (χ1n) is 5.97. The number of nitrogens with two attached hydrogens (primary N) is 1. The van der Waals surface area contributed by atoms with Gasteiger partial charge in [-0.3, -0.25) is 9.59 Å². The van der Waals surface area contributed by atoms with Crippen molar-refractivity contribution in [1.29, 1.82) is 0 Å². The van der Waals surface area contributed by atoms with E-state index in [1.54, 1.807) is 12.1 Å². The second-order valence-electron chi connectivity index (χ2n) is 4.51. The average molecular weight is 252 g/mol. The van der Waals surface area contributed by atoms with E-state index < -0.39 is 5.91 Å². The topological polar surface area (TPSA) is 72.2 Å². The van der Waals surface area contributed by atoms with Crippen LogP contribution in [-0.2, 0) is 11.2 Å². The first-order chi connectivity index (χ1) is 9.15. The third-order valence-corrected chi connectivity index (χ3v) is 3.23. The molecular formula is C15H12N2O2. The van der Waals surface area contributed by atoms with Crippen LogP contribution in [0.1, 0.15) is 15.9 Å².